The Bertz CT molecular complexity index is 1170. The fourth-order valence-electron chi connectivity index (χ4n) is 2.77. The van der Waals surface area contributed by atoms with Gasteiger partial charge in [-0.1, -0.05) is 17.3 Å². The zero-order chi connectivity index (χ0) is 19.3. The highest BCUT2D eigenvalue weighted by molar-refractivity contribution is 5.77. The Morgan fingerprint density at radius 1 is 1.11 bits per heavy atom. The van der Waals surface area contributed by atoms with E-state index in [4.69, 9.17) is 0 Å². The van der Waals surface area contributed by atoms with Crippen molar-refractivity contribution >= 4 is 16.8 Å². The molecule has 0 aliphatic carbocycles. The van der Waals surface area contributed by atoms with Crippen molar-refractivity contribution in [2.75, 3.05) is 0 Å². The second-order valence-electron chi connectivity index (χ2n) is 6.15. The molecule has 0 unspecified atom stereocenters. The first kappa shape index (κ1) is 17.5. The van der Waals surface area contributed by atoms with Crippen molar-refractivity contribution in [2.45, 2.75) is 19.5 Å². The number of amides is 1. The highest BCUT2D eigenvalue weighted by Gasteiger charge is 2.08. The molecule has 0 atom stereocenters. The maximum Gasteiger partial charge on any atom is 0.261 e. The Morgan fingerprint density at radius 3 is 2.79 bits per heavy atom. The van der Waals surface area contributed by atoms with E-state index in [-0.39, 0.29) is 31.0 Å². The number of aromatic nitrogens is 6. The topological polar surface area (TPSA) is 108 Å². The van der Waals surface area contributed by atoms with Crippen LogP contribution in [0, 0.1) is 0 Å². The summed E-state index contributed by atoms with van der Waals surface area (Å²) >= 11 is 0. The second kappa shape index (κ2) is 7.78. The van der Waals surface area contributed by atoms with E-state index in [9.17, 15) is 9.59 Å². The van der Waals surface area contributed by atoms with Crippen LogP contribution in [-0.4, -0.2) is 35.4 Å². The molecule has 0 radical (unpaired) electrons. The molecular weight excluding hydrogens is 358 g/mol. The van der Waals surface area contributed by atoms with Crippen LogP contribution < -0.4 is 10.9 Å². The Labute approximate surface area is 159 Å². The number of hydrogen-bond donors (Lipinski definition) is 1. The van der Waals surface area contributed by atoms with E-state index in [0.29, 0.717) is 16.6 Å². The van der Waals surface area contributed by atoms with E-state index in [1.807, 2.05) is 18.2 Å². The van der Waals surface area contributed by atoms with Gasteiger partial charge < -0.3 is 5.32 Å². The number of hydrogen-bond acceptors (Lipinski definition) is 6. The number of carbonyl (C=O) groups is 1. The van der Waals surface area contributed by atoms with E-state index < -0.39 is 0 Å². The molecule has 1 aromatic carbocycles. The second-order valence-corrected chi connectivity index (χ2v) is 6.15. The van der Waals surface area contributed by atoms with Gasteiger partial charge in [-0.2, -0.15) is 0 Å². The standard InChI is InChI=1S/C19H17N7O2/c27-18(7-10-25-13-22-17-4-2-1-3-16(17)19(25)28)21-11-14-12-26(24-23-14)15-5-8-20-9-6-15/h1-6,8-9,12-13H,7,10-11H2,(H,21,27). The van der Waals surface area contributed by atoms with Crippen LogP contribution in [-0.2, 0) is 17.9 Å². The van der Waals surface area contributed by atoms with Gasteiger partial charge in [0.2, 0.25) is 5.91 Å². The molecule has 140 valence electrons. The minimum Gasteiger partial charge on any atom is -0.350 e. The van der Waals surface area contributed by atoms with Gasteiger partial charge in [-0.15, -0.1) is 5.10 Å². The average Bonchev–Trinajstić information content (AvgIpc) is 3.22. The summed E-state index contributed by atoms with van der Waals surface area (Å²) < 4.78 is 3.06. The predicted octanol–water partition coefficient (Wildman–Crippen LogP) is 1.08. The molecule has 0 fully saturated rings. The summed E-state index contributed by atoms with van der Waals surface area (Å²) in [4.78, 5) is 32.8. The summed E-state index contributed by atoms with van der Waals surface area (Å²) in [5, 5.41) is 11.4. The van der Waals surface area contributed by atoms with Crippen LogP contribution in [0.25, 0.3) is 16.6 Å². The van der Waals surface area contributed by atoms with E-state index in [1.54, 1.807) is 41.5 Å². The van der Waals surface area contributed by atoms with Gasteiger partial charge in [0.05, 0.1) is 35.7 Å². The smallest absolute Gasteiger partial charge is 0.261 e. The lowest BCUT2D eigenvalue weighted by Gasteiger charge is -2.07. The van der Waals surface area contributed by atoms with Crippen molar-refractivity contribution in [3.63, 3.8) is 0 Å². The van der Waals surface area contributed by atoms with Crippen LogP contribution in [0.3, 0.4) is 0 Å². The van der Waals surface area contributed by atoms with Crippen molar-refractivity contribution in [2.24, 2.45) is 0 Å². The number of aryl methyl sites for hydroxylation is 1. The third kappa shape index (κ3) is 3.78. The fourth-order valence-corrected chi connectivity index (χ4v) is 2.77. The number of nitrogens with one attached hydrogen (secondary N) is 1. The molecule has 0 aliphatic rings. The van der Waals surface area contributed by atoms with Gasteiger partial charge in [-0.3, -0.25) is 19.1 Å². The van der Waals surface area contributed by atoms with Gasteiger partial charge in [0.1, 0.15) is 5.69 Å². The molecule has 28 heavy (non-hydrogen) atoms. The summed E-state index contributed by atoms with van der Waals surface area (Å²) in [6.07, 6.45) is 6.72. The van der Waals surface area contributed by atoms with Crippen molar-refractivity contribution in [1.29, 1.82) is 0 Å². The van der Waals surface area contributed by atoms with Crippen LogP contribution in [0.15, 0.2) is 66.1 Å². The molecule has 0 spiro atoms. The van der Waals surface area contributed by atoms with Gasteiger partial charge in [0.15, 0.2) is 0 Å². The highest BCUT2D eigenvalue weighted by atomic mass is 16.1. The molecule has 0 bridgehead atoms. The van der Waals surface area contributed by atoms with Gasteiger partial charge in [0.25, 0.3) is 5.56 Å². The molecule has 0 saturated heterocycles. The minimum atomic E-state index is -0.182. The quantitative estimate of drug-likeness (QED) is 0.540. The maximum absolute atomic E-state index is 12.4. The van der Waals surface area contributed by atoms with Crippen molar-refractivity contribution < 1.29 is 4.79 Å². The molecule has 1 N–H and O–H groups in total. The Morgan fingerprint density at radius 2 is 1.93 bits per heavy atom. The number of pyridine rings is 1. The molecule has 4 rings (SSSR count). The van der Waals surface area contributed by atoms with E-state index in [1.165, 1.54) is 10.9 Å². The SMILES string of the molecule is O=C(CCn1cnc2ccccc2c1=O)NCc1cn(-c2ccncc2)nn1. The molecule has 0 aliphatic heterocycles. The van der Waals surface area contributed by atoms with Gasteiger partial charge in [-0.25, -0.2) is 9.67 Å². The van der Waals surface area contributed by atoms with Crippen molar-refractivity contribution in [3.05, 3.63) is 77.4 Å². The van der Waals surface area contributed by atoms with Gasteiger partial charge >= 0.3 is 0 Å². The summed E-state index contributed by atoms with van der Waals surface area (Å²) in [5.74, 6) is -0.182. The first-order chi connectivity index (χ1) is 13.7. The molecule has 9 heteroatoms. The number of carbonyl (C=O) groups excluding carboxylic acids is 1. The zero-order valence-corrected chi connectivity index (χ0v) is 14.9. The van der Waals surface area contributed by atoms with Crippen LogP contribution in [0.4, 0.5) is 0 Å². The van der Waals surface area contributed by atoms with Crippen LogP contribution in [0.2, 0.25) is 0 Å². The lowest BCUT2D eigenvalue weighted by Crippen LogP contribution is -2.27. The number of fused-ring (bicyclic) bond motifs is 1. The first-order valence-corrected chi connectivity index (χ1v) is 8.73. The van der Waals surface area contributed by atoms with E-state index in [0.717, 1.165) is 5.69 Å². The number of para-hydroxylation sites is 1. The monoisotopic (exact) mass is 375 g/mol. The average molecular weight is 375 g/mol. The molecule has 9 nitrogen and oxygen atoms in total. The summed E-state index contributed by atoms with van der Waals surface area (Å²) in [5.41, 5.74) is 1.96. The van der Waals surface area contributed by atoms with Crippen LogP contribution in [0.1, 0.15) is 12.1 Å². The van der Waals surface area contributed by atoms with Crippen LogP contribution >= 0.6 is 0 Å². The van der Waals surface area contributed by atoms with E-state index in [2.05, 4.69) is 25.6 Å². The minimum absolute atomic E-state index is 0.154. The van der Waals surface area contributed by atoms with Crippen molar-refractivity contribution in [1.82, 2.24) is 34.8 Å². The summed E-state index contributed by atoms with van der Waals surface area (Å²) in [6, 6.07) is 10.8. The Kier molecular flexibility index (Phi) is 4.87. The summed E-state index contributed by atoms with van der Waals surface area (Å²) in [7, 11) is 0. The van der Waals surface area contributed by atoms with Crippen molar-refractivity contribution in [3.8, 4) is 5.69 Å². The summed E-state index contributed by atoms with van der Waals surface area (Å²) in [6.45, 7) is 0.515. The lowest BCUT2D eigenvalue weighted by atomic mass is 10.2. The lowest BCUT2D eigenvalue weighted by molar-refractivity contribution is -0.121. The Hall–Kier alpha value is -3.88. The van der Waals surface area contributed by atoms with E-state index >= 15 is 0 Å². The molecule has 0 saturated carbocycles. The number of benzene rings is 1. The zero-order valence-electron chi connectivity index (χ0n) is 14.9. The van der Waals surface area contributed by atoms with Gasteiger partial charge in [-0.05, 0) is 24.3 Å². The Balaban J connectivity index is 1.34. The predicted molar refractivity (Wildman–Crippen MR) is 102 cm³/mol. The molecular formula is C19H17N7O2. The largest absolute Gasteiger partial charge is 0.350 e. The highest BCUT2D eigenvalue weighted by Crippen LogP contribution is 2.06. The molecule has 1 amide bonds. The van der Waals surface area contributed by atoms with Gasteiger partial charge in [0, 0.05) is 25.4 Å². The number of nitrogens with zero attached hydrogens (tertiary/aromatic N) is 6. The number of rotatable bonds is 6. The molecule has 4 aromatic rings. The van der Waals surface area contributed by atoms with Crippen LogP contribution in [0.5, 0.6) is 0 Å². The molecule has 3 heterocycles. The normalized spacial score (nSPS) is 10.9. The fraction of sp³-hybridized carbons (Fsp3) is 0.158. The maximum atomic E-state index is 12.4. The third-order valence-corrected chi connectivity index (χ3v) is 4.25. The third-order valence-electron chi connectivity index (χ3n) is 4.25. The molecule has 3 aromatic heterocycles. The first-order valence-electron chi connectivity index (χ1n) is 8.73.